The van der Waals surface area contributed by atoms with Crippen LogP contribution in [-0.4, -0.2) is 125 Å². The largest absolute Gasteiger partial charge is 0.480 e. The van der Waals surface area contributed by atoms with Gasteiger partial charge in [-0.1, -0.05) is 55.0 Å². The molecule has 1 aliphatic rings. The third-order valence-electron chi connectivity index (χ3n) is 12.7. The molecule has 1 fully saturated rings. The Kier molecular flexibility index (Phi) is 24.2. The lowest BCUT2D eigenvalue weighted by molar-refractivity contribution is -0.143. The van der Waals surface area contributed by atoms with E-state index in [0.29, 0.717) is 11.1 Å². The fraction of sp³-hybridized carbons (Fsp3) is 0.510. The number of hydrogen-bond donors (Lipinski definition) is 12. The molecule has 1 aromatic heterocycles. The van der Waals surface area contributed by atoms with Crippen molar-refractivity contribution in [2.75, 3.05) is 19.6 Å². The molecular formula is C51H73N13O10. The summed E-state index contributed by atoms with van der Waals surface area (Å²) < 4.78 is 0. The zero-order valence-corrected chi connectivity index (χ0v) is 41.9. The van der Waals surface area contributed by atoms with Crippen LogP contribution in [0.15, 0.2) is 70.8 Å². The normalized spacial score (nSPS) is 21.5. The number of nitrogens with zero attached hydrogens (tertiary/aromatic N) is 2. The molecule has 2 aromatic carbocycles. The molecule has 7 atom stereocenters. The molecular weight excluding hydrogens is 955 g/mol. The van der Waals surface area contributed by atoms with Gasteiger partial charge >= 0.3 is 5.97 Å². The third-order valence-corrected chi connectivity index (χ3v) is 12.7. The number of Topliss-reactive ketones (excluding diaryl/α,β-unsaturated/α-hetero) is 3. The number of benzene rings is 2. The zero-order chi connectivity index (χ0) is 54.2. The van der Waals surface area contributed by atoms with E-state index in [4.69, 9.17) is 28.7 Å². The van der Waals surface area contributed by atoms with Crippen molar-refractivity contribution >= 4 is 75.7 Å². The molecule has 0 saturated carbocycles. The van der Waals surface area contributed by atoms with Crippen LogP contribution in [0.4, 0.5) is 0 Å². The first-order chi connectivity index (χ1) is 35.3. The average Bonchev–Trinajstić information content (AvgIpc) is 3.76. The van der Waals surface area contributed by atoms with E-state index >= 15 is 0 Å². The molecule has 17 N–H and O–H groups in total. The fourth-order valence-corrected chi connectivity index (χ4v) is 8.82. The molecule has 23 heteroatoms. The Labute approximate surface area is 429 Å². The number of nitrogens with two attached hydrogens (primary N) is 5. The number of fused-ring (bicyclic) bond motifs is 1. The molecule has 2 heterocycles. The van der Waals surface area contributed by atoms with E-state index in [9.17, 15) is 48.3 Å². The Morgan fingerprint density at radius 3 is 2.07 bits per heavy atom. The summed E-state index contributed by atoms with van der Waals surface area (Å²) in [5.74, 6) is -8.80. The second-order valence-electron chi connectivity index (χ2n) is 18.6. The number of aliphatic carboxylic acids is 1. The van der Waals surface area contributed by atoms with Gasteiger partial charge in [0.15, 0.2) is 17.7 Å². The summed E-state index contributed by atoms with van der Waals surface area (Å²) in [4.78, 5) is 135. The second-order valence-corrected chi connectivity index (χ2v) is 18.6. The molecule has 23 nitrogen and oxygen atoms in total. The zero-order valence-electron chi connectivity index (χ0n) is 41.9. The van der Waals surface area contributed by atoms with E-state index in [1.54, 1.807) is 36.5 Å². The summed E-state index contributed by atoms with van der Waals surface area (Å²) in [5, 5.41) is 24.4. The quantitative estimate of drug-likeness (QED) is 0.0454. The topological polar surface area (TPSA) is 405 Å². The van der Waals surface area contributed by atoms with E-state index in [1.165, 1.54) is 6.92 Å². The highest BCUT2D eigenvalue weighted by molar-refractivity contribution is 5.98. The number of aromatic nitrogens is 1. The maximum absolute atomic E-state index is 14.7. The number of para-hydroxylation sites is 1. The number of H-pyrrole nitrogens is 1. The molecule has 1 saturated heterocycles. The lowest BCUT2D eigenvalue weighted by Gasteiger charge is -2.27. The van der Waals surface area contributed by atoms with E-state index in [2.05, 4.69) is 41.6 Å². The summed E-state index contributed by atoms with van der Waals surface area (Å²) in [5.41, 5.74) is 30.1. The van der Waals surface area contributed by atoms with Crippen LogP contribution in [0.5, 0.6) is 0 Å². The van der Waals surface area contributed by atoms with Gasteiger partial charge in [-0.05, 0) is 87.9 Å². The first-order valence-electron chi connectivity index (χ1n) is 25.0. The van der Waals surface area contributed by atoms with Crippen LogP contribution in [0.2, 0.25) is 0 Å². The average molecular weight is 1030 g/mol. The lowest BCUT2D eigenvalue weighted by atomic mass is 9.83. The molecule has 0 aliphatic carbocycles. The van der Waals surface area contributed by atoms with Crippen LogP contribution in [0.25, 0.3) is 10.9 Å². The fourth-order valence-electron chi connectivity index (χ4n) is 8.82. The number of carbonyl (C=O) groups excluding carboxylic acids is 8. The molecule has 0 radical (unpaired) electrons. The highest BCUT2D eigenvalue weighted by Crippen LogP contribution is 2.26. The van der Waals surface area contributed by atoms with Crippen molar-refractivity contribution in [3.05, 3.63) is 71.9 Å². The minimum absolute atomic E-state index is 0.0111. The predicted molar refractivity (Wildman–Crippen MR) is 278 cm³/mol. The number of nitrogens with one attached hydrogen (secondary N) is 6. The Morgan fingerprint density at radius 1 is 0.730 bits per heavy atom. The monoisotopic (exact) mass is 1030 g/mol. The molecule has 4 rings (SSSR count). The second kappa shape index (κ2) is 30.4. The first kappa shape index (κ1) is 58.9. The van der Waals surface area contributed by atoms with Crippen LogP contribution < -0.4 is 55.3 Å². The van der Waals surface area contributed by atoms with Gasteiger partial charge in [-0.15, -0.1) is 0 Å². The van der Waals surface area contributed by atoms with Crippen LogP contribution in [0.1, 0.15) is 102 Å². The van der Waals surface area contributed by atoms with Gasteiger partial charge in [0, 0.05) is 74.6 Å². The number of aliphatic imine (C=N–C) groups is 2. The van der Waals surface area contributed by atoms with Gasteiger partial charge in [0.25, 0.3) is 0 Å². The Balaban J connectivity index is 1.75. The molecule has 1 aliphatic heterocycles. The van der Waals surface area contributed by atoms with Crippen molar-refractivity contribution in [2.24, 2.45) is 50.5 Å². The van der Waals surface area contributed by atoms with Crippen molar-refractivity contribution < 1.29 is 48.3 Å². The summed E-state index contributed by atoms with van der Waals surface area (Å²) in [6.45, 7) is 1.39. The van der Waals surface area contributed by atoms with Gasteiger partial charge in [0.2, 0.25) is 29.5 Å². The van der Waals surface area contributed by atoms with Gasteiger partial charge < -0.3 is 65.3 Å². The number of aromatic amines is 1. The van der Waals surface area contributed by atoms with Gasteiger partial charge in [0.1, 0.15) is 35.7 Å². The number of ketones is 3. The van der Waals surface area contributed by atoms with Gasteiger partial charge in [-0.2, -0.15) is 0 Å². The van der Waals surface area contributed by atoms with Crippen molar-refractivity contribution in [3.8, 4) is 0 Å². The number of guanidine groups is 2. The van der Waals surface area contributed by atoms with E-state index in [1.807, 2.05) is 24.3 Å². The smallest absolute Gasteiger partial charge is 0.326 e. The molecule has 0 unspecified atom stereocenters. The molecule has 5 amide bonds. The van der Waals surface area contributed by atoms with Crippen LogP contribution in [-0.2, 0) is 56.0 Å². The first-order valence-corrected chi connectivity index (χ1v) is 25.0. The van der Waals surface area contributed by atoms with E-state index < -0.39 is 102 Å². The standard InChI is InChI=1S/C51H73N13O10/c1-30(65)60-38(18-10-24-58-51(55)56)46(70)61-39-17-7-5-14-35(66)19-20-41(49(73)74)63-45(69)33(26-34-29-59-37-16-8-6-15-36(34)37)28-43(67)32(13-9-23-57-50(53)54)27-44(68)42(25-31-11-3-2-4-12-31)64-48(72)40(21-22-52)62-47(39)71/h2-4,6,8,11-12,15-16,29,32-33,38-42,59H,5,7,9-10,13-14,17-28,52H2,1H3,(H,60,65)(H,61,70)(H,62,71)(H,63,69)(H,64,72)(H,73,74)(H4,53,54,57)(H4,55,56,58)/t32-,33-,38+,39+,40+,41+,42-/m1/s1. The van der Waals surface area contributed by atoms with E-state index in [0.717, 1.165) is 10.9 Å². The summed E-state index contributed by atoms with van der Waals surface area (Å²) in [6.07, 6.45) is 1.32. The number of carbonyl (C=O) groups is 9. The van der Waals surface area contributed by atoms with Gasteiger partial charge in [-0.3, -0.25) is 48.3 Å². The molecule has 3 aromatic rings. The molecule has 74 heavy (non-hydrogen) atoms. The number of rotatable bonds is 18. The van der Waals surface area contributed by atoms with Crippen LogP contribution >= 0.6 is 0 Å². The molecule has 402 valence electrons. The molecule has 0 bridgehead atoms. The summed E-state index contributed by atoms with van der Waals surface area (Å²) in [7, 11) is 0. The maximum atomic E-state index is 14.7. The lowest BCUT2D eigenvalue weighted by Crippen LogP contribution is -2.58. The number of carboxylic acids is 1. The Bertz CT molecular complexity index is 2470. The van der Waals surface area contributed by atoms with Crippen molar-refractivity contribution in [1.82, 2.24) is 31.6 Å². The summed E-state index contributed by atoms with van der Waals surface area (Å²) in [6, 6.07) is 9.66. The van der Waals surface area contributed by atoms with Crippen LogP contribution in [0.3, 0.4) is 0 Å². The van der Waals surface area contributed by atoms with Crippen LogP contribution in [0, 0.1) is 11.8 Å². The predicted octanol–water partition coefficient (Wildman–Crippen LogP) is 0.0117. The van der Waals surface area contributed by atoms with Crippen molar-refractivity contribution in [3.63, 3.8) is 0 Å². The number of hydrogen-bond acceptors (Lipinski definition) is 12. The Hall–Kier alpha value is -7.69. The molecule has 0 spiro atoms. The van der Waals surface area contributed by atoms with Crippen molar-refractivity contribution in [1.29, 1.82) is 0 Å². The minimum Gasteiger partial charge on any atom is -0.480 e. The third kappa shape index (κ3) is 20.1. The Morgan fingerprint density at radius 2 is 1.39 bits per heavy atom. The SMILES string of the molecule is CC(=O)N[C@@H](CCCN=C(N)N)C(=O)N[C@H]1CCCCC(=O)CC[C@@H](C(=O)O)NC(=O)[C@H](Cc2c[nH]c3ccccc23)CC(=O)[C@H](CCCN=C(N)N)CC(=O)[C@@H](Cc2ccccc2)NC(=O)[C@H](CCN)NC1=O. The minimum atomic E-state index is -1.51. The number of carboxylic acid groups (broad SMARTS) is 1. The highest BCUT2D eigenvalue weighted by Gasteiger charge is 2.35. The number of amides is 5. The maximum Gasteiger partial charge on any atom is 0.326 e. The highest BCUT2D eigenvalue weighted by atomic mass is 16.4. The summed E-state index contributed by atoms with van der Waals surface area (Å²) >= 11 is 0. The van der Waals surface area contributed by atoms with E-state index in [-0.39, 0.29) is 121 Å². The van der Waals surface area contributed by atoms with Gasteiger partial charge in [-0.25, -0.2) is 4.79 Å². The van der Waals surface area contributed by atoms with Crippen molar-refractivity contribution in [2.45, 2.75) is 133 Å². The van der Waals surface area contributed by atoms with Gasteiger partial charge in [0.05, 0.1) is 6.04 Å².